The molecule has 0 amide bonds. The highest BCUT2D eigenvalue weighted by Gasteiger charge is 2.15. The largest absolute Gasteiger partial charge is 0.280 e. The molecule has 0 atom stereocenters. The minimum Gasteiger partial charge on any atom is -0.280 e. The van der Waals surface area contributed by atoms with E-state index in [0.717, 1.165) is 21.9 Å². The van der Waals surface area contributed by atoms with Crippen LogP contribution in [0.1, 0.15) is 11.1 Å². The van der Waals surface area contributed by atoms with Crippen LogP contribution in [-0.4, -0.2) is 8.42 Å². The summed E-state index contributed by atoms with van der Waals surface area (Å²) in [7, 11) is -3.66. The van der Waals surface area contributed by atoms with E-state index in [1.54, 1.807) is 30.3 Å². The third-order valence-electron chi connectivity index (χ3n) is 3.89. The third kappa shape index (κ3) is 3.19. The average molecular weight is 346 g/mol. The number of hydrogen-bond acceptors (Lipinski definition) is 2. The fraction of sp³-hybridized carbons (Fsp3) is 0.111. The Morgan fingerprint density at radius 1 is 0.913 bits per heavy atom. The van der Waals surface area contributed by atoms with Gasteiger partial charge in [-0.2, -0.15) is 0 Å². The van der Waals surface area contributed by atoms with Crippen molar-refractivity contribution in [3.8, 4) is 0 Å². The molecule has 0 spiro atoms. The van der Waals surface area contributed by atoms with Crippen LogP contribution < -0.4 is 4.72 Å². The van der Waals surface area contributed by atoms with Crippen LogP contribution in [0.5, 0.6) is 0 Å². The van der Waals surface area contributed by atoms with Crippen LogP contribution >= 0.6 is 11.6 Å². The number of benzene rings is 3. The molecule has 5 heteroatoms. The van der Waals surface area contributed by atoms with Crippen LogP contribution in [0.4, 0.5) is 5.69 Å². The number of sulfonamides is 1. The van der Waals surface area contributed by atoms with E-state index in [1.165, 1.54) is 0 Å². The maximum atomic E-state index is 12.6. The fourth-order valence-electron chi connectivity index (χ4n) is 2.42. The third-order valence-corrected chi connectivity index (χ3v) is 5.66. The van der Waals surface area contributed by atoms with Crippen LogP contribution in [0.25, 0.3) is 10.8 Å². The van der Waals surface area contributed by atoms with Crippen molar-refractivity contribution < 1.29 is 8.42 Å². The van der Waals surface area contributed by atoms with Crippen LogP contribution in [0.3, 0.4) is 0 Å². The van der Waals surface area contributed by atoms with Gasteiger partial charge in [-0.1, -0.05) is 41.9 Å². The summed E-state index contributed by atoms with van der Waals surface area (Å²) in [4.78, 5) is 0.227. The standard InChI is InChI=1S/C18H16ClNO2S/c1-12-9-16(11-18(19)13(12)2)20-23(21,22)17-8-7-14-5-3-4-6-15(14)10-17/h3-11,20H,1-2H3. The van der Waals surface area contributed by atoms with Gasteiger partial charge in [0, 0.05) is 5.02 Å². The van der Waals surface area contributed by atoms with Crippen molar-refractivity contribution in [3.63, 3.8) is 0 Å². The first kappa shape index (κ1) is 15.8. The molecular weight excluding hydrogens is 330 g/mol. The smallest absolute Gasteiger partial charge is 0.261 e. The van der Waals surface area contributed by atoms with Gasteiger partial charge >= 0.3 is 0 Å². The van der Waals surface area contributed by atoms with Gasteiger partial charge in [0.25, 0.3) is 10.0 Å². The van der Waals surface area contributed by atoms with Crippen LogP contribution in [0.2, 0.25) is 5.02 Å². The second-order valence-electron chi connectivity index (χ2n) is 5.51. The molecule has 0 aliphatic heterocycles. The molecule has 23 heavy (non-hydrogen) atoms. The van der Waals surface area contributed by atoms with Crippen molar-refractivity contribution in [1.29, 1.82) is 0 Å². The Kier molecular flexibility index (Phi) is 4.04. The number of halogens is 1. The minimum absolute atomic E-state index is 0.227. The Hall–Kier alpha value is -2.04. The summed E-state index contributed by atoms with van der Waals surface area (Å²) in [5.41, 5.74) is 2.35. The zero-order valence-electron chi connectivity index (χ0n) is 12.8. The lowest BCUT2D eigenvalue weighted by atomic mass is 10.1. The van der Waals surface area contributed by atoms with Gasteiger partial charge in [0.15, 0.2) is 0 Å². The normalized spacial score (nSPS) is 11.6. The molecule has 118 valence electrons. The molecule has 3 rings (SSSR count). The van der Waals surface area contributed by atoms with Crippen molar-refractivity contribution in [2.75, 3.05) is 4.72 Å². The lowest BCUT2D eigenvalue weighted by molar-refractivity contribution is 0.601. The molecule has 0 aliphatic rings. The highest BCUT2D eigenvalue weighted by molar-refractivity contribution is 7.92. The molecule has 0 saturated carbocycles. The van der Waals surface area contributed by atoms with Gasteiger partial charge in [-0.3, -0.25) is 4.72 Å². The van der Waals surface area contributed by atoms with E-state index in [2.05, 4.69) is 4.72 Å². The van der Waals surface area contributed by atoms with Crippen molar-refractivity contribution in [3.05, 3.63) is 70.7 Å². The zero-order valence-corrected chi connectivity index (χ0v) is 14.4. The Bertz CT molecular complexity index is 974. The SMILES string of the molecule is Cc1cc(NS(=O)(=O)c2ccc3ccccc3c2)cc(Cl)c1C. The van der Waals surface area contributed by atoms with Crippen molar-refractivity contribution in [1.82, 2.24) is 0 Å². The van der Waals surface area contributed by atoms with Gasteiger partial charge in [0.1, 0.15) is 0 Å². The quantitative estimate of drug-likeness (QED) is 0.733. The van der Waals surface area contributed by atoms with Crippen molar-refractivity contribution >= 4 is 38.1 Å². The molecular formula is C18H16ClNO2S. The maximum absolute atomic E-state index is 12.6. The highest BCUT2D eigenvalue weighted by atomic mass is 35.5. The summed E-state index contributed by atoms with van der Waals surface area (Å²) in [5, 5.41) is 2.43. The second-order valence-corrected chi connectivity index (χ2v) is 7.60. The van der Waals surface area contributed by atoms with Gasteiger partial charge in [-0.05, 0) is 60.0 Å². The summed E-state index contributed by atoms with van der Waals surface area (Å²) in [5.74, 6) is 0. The first-order valence-electron chi connectivity index (χ1n) is 7.15. The van der Waals surface area contributed by atoms with Crippen LogP contribution in [0.15, 0.2) is 59.5 Å². The lowest BCUT2D eigenvalue weighted by Gasteiger charge is -2.12. The maximum Gasteiger partial charge on any atom is 0.261 e. The average Bonchev–Trinajstić information content (AvgIpc) is 2.51. The lowest BCUT2D eigenvalue weighted by Crippen LogP contribution is -2.13. The molecule has 0 fully saturated rings. The van der Waals surface area contributed by atoms with E-state index >= 15 is 0 Å². The molecule has 0 unspecified atom stereocenters. The Labute approximate surface area is 141 Å². The molecule has 3 aromatic rings. The highest BCUT2D eigenvalue weighted by Crippen LogP contribution is 2.26. The number of rotatable bonds is 3. The van der Waals surface area contributed by atoms with E-state index in [-0.39, 0.29) is 4.90 Å². The number of fused-ring (bicyclic) bond motifs is 1. The summed E-state index contributed by atoms with van der Waals surface area (Å²) >= 11 is 6.14. The number of nitrogens with one attached hydrogen (secondary N) is 1. The van der Waals surface area contributed by atoms with E-state index < -0.39 is 10.0 Å². The topological polar surface area (TPSA) is 46.2 Å². The second kappa shape index (κ2) is 5.87. The summed E-state index contributed by atoms with van der Waals surface area (Å²) in [6.45, 7) is 3.80. The molecule has 3 aromatic carbocycles. The van der Waals surface area contributed by atoms with Gasteiger partial charge in [0.05, 0.1) is 10.6 Å². The van der Waals surface area contributed by atoms with E-state index in [0.29, 0.717) is 10.7 Å². The summed E-state index contributed by atoms with van der Waals surface area (Å²) in [6.07, 6.45) is 0. The zero-order chi connectivity index (χ0) is 16.6. The Balaban J connectivity index is 2.00. The summed E-state index contributed by atoms with van der Waals surface area (Å²) in [6, 6.07) is 16.1. The minimum atomic E-state index is -3.66. The monoisotopic (exact) mass is 345 g/mol. The molecule has 0 radical (unpaired) electrons. The Morgan fingerprint density at radius 2 is 1.61 bits per heavy atom. The van der Waals surface area contributed by atoms with E-state index in [1.807, 2.05) is 38.1 Å². The van der Waals surface area contributed by atoms with E-state index in [9.17, 15) is 8.42 Å². The predicted molar refractivity (Wildman–Crippen MR) is 95.7 cm³/mol. The van der Waals surface area contributed by atoms with Crippen LogP contribution in [-0.2, 0) is 10.0 Å². The van der Waals surface area contributed by atoms with Gasteiger partial charge < -0.3 is 0 Å². The first-order valence-corrected chi connectivity index (χ1v) is 9.01. The van der Waals surface area contributed by atoms with E-state index in [4.69, 9.17) is 11.6 Å². The Morgan fingerprint density at radius 3 is 2.30 bits per heavy atom. The molecule has 3 nitrogen and oxygen atoms in total. The number of aryl methyl sites for hydroxylation is 1. The van der Waals surface area contributed by atoms with Gasteiger partial charge in [0.2, 0.25) is 0 Å². The molecule has 0 heterocycles. The van der Waals surface area contributed by atoms with Gasteiger partial charge in [-0.25, -0.2) is 8.42 Å². The van der Waals surface area contributed by atoms with Crippen LogP contribution in [0, 0.1) is 13.8 Å². The molecule has 0 aromatic heterocycles. The first-order chi connectivity index (χ1) is 10.9. The molecule has 1 N–H and O–H groups in total. The summed E-state index contributed by atoms with van der Waals surface area (Å²) < 4.78 is 27.8. The fourth-order valence-corrected chi connectivity index (χ4v) is 3.77. The van der Waals surface area contributed by atoms with Crippen molar-refractivity contribution in [2.24, 2.45) is 0 Å². The molecule has 0 aliphatic carbocycles. The molecule has 0 bridgehead atoms. The predicted octanol–water partition coefficient (Wildman–Crippen LogP) is 4.91. The van der Waals surface area contributed by atoms with Crippen molar-refractivity contribution in [2.45, 2.75) is 18.7 Å². The number of hydrogen-bond donors (Lipinski definition) is 1. The molecule has 0 saturated heterocycles. The number of anilines is 1. The van der Waals surface area contributed by atoms with Gasteiger partial charge in [-0.15, -0.1) is 0 Å².